The predicted octanol–water partition coefficient (Wildman–Crippen LogP) is 13.0. The summed E-state index contributed by atoms with van der Waals surface area (Å²) in [6.45, 7) is 0. The summed E-state index contributed by atoms with van der Waals surface area (Å²) in [6.07, 6.45) is 0. The molecular formula is C51H29N5O. The standard InChI is InChI=1S/C51H29N5O/c1-2-13-30(14-3-1)51-53-41-29-39-38-28-32(25-26-45(38)55-44-24-11-7-20-37(44)46(47(39)55)48(41)57-51)31-15-12-16-33(27-31)49-52-40-21-8-4-19-36(40)50(54-49)56-42-22-9-5-17-34(42)35-18-6-10-23-43(35)56/h1-29H. The summed E-state index contributed by atoms with van der Waals surface area (Å²) in [5.74, 6) is 2.18. The van der Waals surface area contributed by atoms with E-state index in [4.69, 9.17) is 19.4 Å². The molecule has 13 aromatic rings. The molecule has 57 heavy (non-hydrogen) atoms. The number of hydrogen-bond acceptors (Lipinski definition) is 4. The van der Waals surface area contributed by atoms with E-state index in [2.05, 4.69) is 148 Å². The largest absolute Gasteiger partial charge is 0.435 e. The van der Waals surface area contributed by atoms with Crippen LogP contribution in [0.25, 0.3) is 122 Å². The maximum absolute atomic E-state index is 6.58. The first-order valence-corrected chi connectivity index (χ1v) is 19.2. The number of benzene rings is 8. The van der Waals surface area contributed by atoms with Crippen molar-refractivity contribution in [2.24, 2.45) is 0 Å². The summed E-state index contributed by atoms with van der Waals surface area (Å²) in [7, 11) is 0. The molecule has 0 fully saturated rings. The molecule has 6 nitrogen and oxygen atoms in total. The van der Waals surface area contributed by atoms with Gasteiger partial charge in [0.2, 0.25) is 5.89 Å². The Balaban J connectivity index is 1.01. The third-order valence-electron chi connectivity index (χ3n) is 11.7. The summed E-state index contributed by atoms with van der Waals surface area (Å²) < 4.78 is 11.3. The second kappa shape index (κ2) is 11.4. The van der Waals surface area contributed by atoms with Gasteiger partial charge in [-0.05, 0) is 77.9 Å². The van der Waals surface area contributed by atoms with Gasteiger partial charge in [0.15, 0.2) is 11.4 Å². The van der Waals surface area contributed by atoms with Crippen LogP contribution in [-0.4, -0.2) is 23.9 Å². The average molecular weight is 728 g/mol. The fraction of sp³-hybridized carbons (Fsp3) is 0. The van der Waals surface area contributed by atoms with Crippen molar-refractivity contribution >= 4 is 81.9 Å². The van der Waals surface area contributed by atoms with E-state index in [-0.39, 0.29) is 0 Å². The van der Waals surface area contributed by atoms with Gasteiger partial charge in [0, 0.05) is 43.4 Å². The molecule has 0 saturated heterocycles. The topological polar surface area (TPSA) is 61.2 Å². The number of rotatable bonds is 4. The Morgan fingerprint density at radius 2 is 1.02 bits per heavy atom. The normalized spacial score (nSPS) is 12.2. The molecule has 8 aromatic carbocycles. The second-order valence-electron chi connectivity index (χ2n) is 14.8. The van der Waals surface area contributed by atoms with Crippen LogP contribution in [0.4, 0.5) is 0 Å². The van der Waals surface area contributed by atoms with Crippen LogP contribution >= 0.6 is 0 Å². The van der Waals surface area contributed by atoms with Crippen LogP contribution in [0.15, 0.2) is 180 Å². The van der Waals surface area contributed by atoms with Gasteiger partial charge in [-0.1, -0.05) is 109 Å². The van der Waals surface area contributed by atoms with Crippen molar-refractivity contribution in [1.82, 2.24) is 23.9 Å². The number of oxazole rings is 1. The zero-order valence-corrected chi connectivity index (χ0v) is 30.4. The molecule has 0 spiro atoms. The van der Waals surface area contributed by atoms with Gasteiger partial charge in [-0.15, -0.1) is 0 Å². The fourth-order valence-corrected chi connectivity index (χ4v) is 9.17. The predicted molar refractivity (Wildman–Crippen MR) is 232 cm³/mol. The minimum atomic E-state index is 0.629. The fourth-order valence-electron chi connectivity index (χ4n) is 9.17. The van der Waals surface area contributed by atoms with E-state index in [1.165, 1.54) is 16.2 Å². The number of para-hydroxylation sites is 4. The highest BCUT2D eigenvalue weighted by Crippen LogP contribution is 2.45. The number of aromatic nitrogens is 5. The maximum Gasteiger partial charge on any atom is 0.227 e. The maximum atomic E-state index is 6.58. The van der Waals surface area contributed by atoms with E-state index < -0.39 is 0 Å². The van der Waals surface area contributed by atoms with Crippen LogP contribution in [0.5, 0.6) is 0 Å². The Hall–Kier alpha value is -7.83. The van der Waals surface area contributed by atoms with Gasteiger partial charge in [0.05, 0.1) is 38.5 Å². The Labute approximate surface area is 324 Å². The molecule has 0 saturated carbocycles. The lowest BCUT2D eigenvalue weighted by atomic mass is 9.99. The highest BCUT2D eigenvalue weighted by molar-refractivity contribution is 6.30. The minimum absolute atomic E-state index is 0.629. The van der Waals surface area contributed by atoms with E-state index in [0.717, 1.165) is 93.8 Å². The van der Waals surface area contributed by atoms with Crippen molar-refractivity contribution < 1.29 is 4.42 Å². The van der Waals surface area contributed by atoms with Crippen LogP contribution in [0.1, 0.15) is 0 Å². The number of hydrogen-bond donors (Lipinski definition) is 0. The van der Waals surface area contributed by atoms with Crippen molar-refractivity contribution in [2.45, 2.75) is 0 Å². The molecule has 13 rings (SSSR count). The van der Waals surface area contributed by atoms with Gasteiger partial charge in [0.1, 0.15) is 11.3 Å². The van der Waals surface area contributed by atoms with Gasteiger partial charge in [0.25, 0.3) is 0 Å². The molecule has 0 aliphatic rings. The number of fused-ring (bicyclic) bond motifs is 12. The SMILES string of the molecule is c1ccc(-c2nc3cc4c5cc(-c6cccc(-c7nc(-n8c9ccccc9c9ccccc98)c8ccccc8n7)c6)ccc5n5c6ccccc6c(c3o2)c45)cc1. The van der Waals surface area contributed by atoms with Crippen molar-refractivity contribution in [1.29, 1.82) is 0 Å². The van der Waals surface area contributed by atoms with Gasteiger partial charge in [-0.3, -0.25) is 4.57 Å². The van der Waals surface area contributed by atoms with Crippen LogP contribution in [-0.2, 0) is 0 Å². The monoisotopic (exact) mass is 727 g/mol. The van der Waals surface area contributed by atoms with Crippen molar-refractivity contribution in [3.63, 3.8) is 0 Å². The highest BCUT2D eigenvalue weighted by atomic mass is 16.3. The molecular weight excluding hydrogens is 699 g/mol. The summed E-state index contributed by atoms with van der Waals surface area (Å²) in [5.41, 5.74) is 12.4. The molecule has 6 heteroatoms. The van der Waals surface area contributed by atoms with Gasteiger partial charge in [-0.2, -0.15) is 0 Å². The molecule has 0 amide bonds. The smallest absolute Gasteiger partial charge is 0.227 e. The van der Waals surface area contributed by atoms with Crippen LogP contribution in [0.2, 0.25) is 0 Å². The van der Waals surface area contributed by atoms with Gasteiger partial charge >= 0.3 is 0 Å². The van der Waals surface area contributed by atoms with E-state index >= 15 is 0 Å². The molecule has 264 valence electrons. The Kier molecular flexibility index (Phi) is 6.07. The molecule has 0 aliphatic heterocycles. The lowest BCUT2D eigenvalue weighted by Crippen LogP contribution is -2.02. The number of nitrogens with zero attached hydrogens (tertiary/aromatic N) is 5. The molecule has 0 atom stereocenters. The summed E-state index contributed by atoms with van der Waals surface area (Å²) >= 11 is 0. The van der Waals surface area contributed by atoms with Crippen LogP contribution < -0.4 is 0 Å². The van der Waals surface area contributed by atoms with Crippen LogP contribution in [0, 0.1) is 0 Å². The molecule has 5 heterocycles. The minimum Gasteiger partial charge on any atom is -0.435 e. The first-order chi connectivity index (χ1) is 28.3. The van der Waals surface area contributed by atoms with Gasteiger partial charge in [-0.25, -0.2) is 15.0 Å². The molecule has 0 bridgehead atoms. The molecule has 0 unspecified atom stereocenters. The van der Waals surface area contributed by atoms with E-state index in [0.29, 0.717) is 11.7 Å². The summed E-state index contributed by atoms with van der Waals surface area (Å²) in [5, 5.41) is 7.99. The third-order valence-corrected chi connectivity index (χ3v) is 11.7. The zero-order valence-electron chi connectivity index (χ0n) is 30.4. The molecule has 0 radical (unpaired) electrons. The van der Waals surface area contributed by atoms with E-state index in [9.17, 15) is 0 Å². The van der Waals surface area contributed by atoms with Crippen LogP contribution in [0.3, 0.4) is 0 Å². The first kappa shape index (κ1) is 30.5. The van der Waals surface area contributed by atoms with E-state index in [1.54, 1.807) is 0 Å². The Morgan fingerprint density at radius 3 is 1.82 bits per heavy atom. The molecule has 0 aliphatic carbocycles. The second-order valence-corrected chi connectivity index (χ2v) is 14.8. The summed E-state index contributed by atoms with van der Waals surface area (Å²) in [4.78, 5) is 15.6. The van der Waals surface area contributed by atoms with Crippen molar-refractivity contribution in [2.75, 3.05) is 0 Å². The lowest BCUT2D eigenvalue weighted by molar-refractivity contribution is 0.623. The Bertz CT molecular complexity index is 3710. The lowest BCUT2D eigenvalue weighted by Gasteiger charge is -2.13. The van der Waals surface area contributed by atoms with E-state index in [1.807, 2.05) is 36.4 Å². The zero-order chi connectivity index (χ0) is 37.2. The quantitative estimate of drug-likeness (QED) is 0.181. The molecule has 0 N–H and O–H groups in total. The van der Waals surface area contributed by atoms with Crippen molar-refractivity contribution in [3.05, 3.63) is 176 Å². The average Bonchev–Trinajstić information content (AvgIpc) is 4.03. The third kappa shape index (κ3) is 4.26. The van der Waals surface area contributed by atoms with Crippen molar-refractivity contribution in [3.8, 4) is 39.8 Å². The Morgan fingerprint density at radius 1 is 0.386 bits per heavy atom. The highest BCUT2D eigenvalue weighted by Gasteiger charge is 2.24. The van der Waals surface area contributed by atoms with Gasteiger partial charge < -0.3 is 8.82 Å². The molecule has 5 aromatic heterocycles. The summed E-state index contributed by atoms with van der Waals surface area (Å²) in [6, 6.07) is 61.8. The first-order valence-electron chi connectivity index (χ1n) is 19.2.